The first kappa shape index (κ1) is 14.9. The highest BCUT2D eigenvalue weighted by atomic mass is 19.1. The molecule has 0 spiro atoms. The van der Waals surface area contributed by atoms with Gasteiger partial charge in [0.1, 0.15) is 5.82 Å². The topological polar surface area (TPSA) is 74.7 Å². The Morgan fingerprint density at radius 2 is 1.81 bits per heavy atom. The van der Waals surface area contributed by atoms with Gasteiger partial charge >= 0.3 is 5.97 Å². The van der Waals surface area contributed by atoms with Crippen LogP contribution in [-0.2, 0) is 14.4 Å². The fourth-order valence-electron chi connectivity index (χ4n) is 2.16. The SMILES string of the molecule is CC1C(=O)N(c2ccc(F)c(/C=C/C(=O)O)c2)C(=O)C1C. The molecule has 1 heterocycles. The molecule has 1 aliphatic heterocycles. The lowest BCUT2D eigenvalue weighted by atomic mass is 10.00. The van der Waals surface area contributed by atoms with Crippen molar-refractivity contribution in [2.45, 2.75) is 13.8 Å². The van der Waals surface area contributed by atoms with Crippen LogP contribution in [0.5, 0.6) is 0 Å². The molecule has 110 valence electrons. The van der Waals surface area contributed by atoms with E-state index in [2.05, 4.69) is 0 Å². The van der Waals surface area contributed by atoms with Crippen molar-refractivity contribution in [3.63, 3.8) is 0 Å². The van der Waals surface area contributed by atoms with Gasteiger partial charge in [0.15, 0.2) is 0 Å². The summed E-state index contributed by atoms with van der Waals surface area (Å²) in [5, 5.41) is 8.57. The average Bonchev–Trinajstić information content (AvgIpc) is 2.62. The fraction of sp³-hybridized carbons (Fsp3) is 0.267. The molecule has 0 bridgehead atoms. The van der Waals surface area contributed by atoms with Gasteiger partial charge in [-0.2, -0.15) is 0 Å². The van der Waals surface area contributed by atoms with Crippen LogP contribution in [0.15, 0.2) is 24.3 Å². The molecule has 1 aromatic carbocycles. The van der Waals surface area contributed by atoms with Crippen LogP contribution in [0, 0.1) is 17.7 Å². The predicted molar refractivity (Wildman–Crippen MR) is 73.9 cm³/mol. The molecule has 0 radical (unpaired) electrons. The Balaban J connectivity index is 2.42. The number of halogens is 1. The van der Waals surface area contributed by atoms with E-state index in [4.69, 9.17) is 5.11 Å². The van der Waals surface area contributed by atoms with Crippen LogP contribution in [0.3, 0.4) is 0 Å². The Labute approximate surface area is 120 Å². The monoisotopic (exact) mass is 291 g/mol. The van der Waals surface area contributed by atoms with Gasteiger partial charge < -0.3 is 5.11 Å². The van der Waals surface area contributed by atoms with Gasteiger partial charge in [-0.1, -0.05) is 13.8 Å². The summed E-state index contributed by atoms with van der Waals surface area (Å²) in [6.45, 7) is 3.33. The fourth-order valence-corrected chi connectivity index (χ4v) is 2.16. The van der Waals surface area contributed by atoms with Gasteiger partial charge in [0.2, 0.25) is 11.8 Å². The third-order valence-corrected chi connectivity index (χ3v) is 3.61. The zero-order chi connectivity index (χ0) is 15.7. The quantitative estimate of drug-likeness (QED) is 0.683. The lowest BCUT2D eigenvalue weighted by molar-refractivity contribution is -0.131. The molecule has 0 aliphatic carbocycles. The summed E-state index contributed by atoms with van der Waals surface area (Å²) in [6, 6.07) is 3.72. The summed E-state index contributed by atoms with van der Waals surface area (Å²) in [4.78, 5) is 35.7. The van der Waals surface area contributed by atoms with E-state index in [0.29, 0.717) is 0 Å². The number of benzene rings is 1. The maximum absolute atomic E-state index is 13.6. The van der Waals surface area contributed by atoms with Crippen LogP contribution in [0.25, 0.3) is 6.08 Å². The molecule has 1 saturated heterocycles. The van der Waals surface area contributed by atoms with Crippen molar-refractivity contribution < 1.29 is 23.9 Å². The second-order valence-electron chi connectivity index (χ2n) is 4.97. The smallest absolute Gasteiger partial charge is 0.328 e. The van der Waals surface area contributed by atoms with Crippen molar-refractivity contribution in [3.05, 3.63) is 35.7 Å². The van der Waals surface area contributed by atoms with Gasteiger partial charge in [-0.25, -0.2) is 9.18 Å². The number of carbonyl (C=O) groups excluding carboxylic acids is 2. The van der Waals surface area contributed by atoms with Gasteiger partial charge in [0.25, 0.3) is 0 Å². The third kappa shape index (κ3) is 2.69. The molecule has 2 amide bonds. The number of rotatable bonds is 3. The van der Waals surface area contributed by atoms with Crippen molar-refractivity contribution in [2.75, 3.05) is 4.90 Å². The molecule has 2 atom stereocenters. The van der Waals surface area contributed by atoms with E-state index >= 15 is 0 Å². The zero-order valence-corrected chi connectivity index (χ0v) is 11.5. The maximum Gasteiger partial charge on any atom is 0.328 e. The third-order valence-electron chi connectivity index (χ3n) is 3.61. The van der Waals surface area contributed by atoms with Gasteiger partial charge in [0.05, 0.1) is 5.69 Å². The Kier molecular flexibility index (Phi) is 3.88. The Hall–Kier alpha value is -2.50. The van der Waals surface area contributed by atoms with E-state index in [1.165, 1.54) is 12.1 Å². The van der Waals surface area contributed by atoms with Crippen molar-refractivity contribution >= 4 is 29.5 Å². The predicted octanol–water partition coefficient (Wildman–Crippen LogP) is 2.07. The number of imide groups is 1. The van der Waals surface area contributed by atoms with Crippen molar-refractivity contribution in [1.82, 2.24) is 0 Å². The van der Waals surface area contributed by atoms with Crippen molar-refractivity contribution in [3.8, 4) is 0 Å². The maximum atomic E-state index is 13.6. The first-order chi connectivity index (χ1) is 9.82. The van der Waals surface area contributed by atoms with E-state index in [1.807, 2.05) is 0 Å². The summed E-state index contributed by atoms with van der Waals surface area (Å²) in [5.74, 6) is -3.38. The number of aliphatic carboxylic acids is 1. The largest absolute Gasteiger partial charge is 0.478 e. The molecule has 0 saturated carbocycles. The minimum absolute atomic E-state index is 0.00251. The van der Waals surface area contributed by atoms with Gasteiger partial charge in [-0.05, 0) is 24.3 Å². The van der Waals surface area contributed by atoms with E-state index in [9.17, 15) is 18.8 Å². The molecule has 2 rings (SSSR count). The van der Waals surface area contributed by atoms with E-state index in [1.54, 1.807) is 13.8 Å². The average molecular weight is 291 g/mol. The highest BCUT2D eigenvalue weighted by molar-refractivity contribution is 6.21. The Morgan fingerprint density at radius 3 is 2.33 bits per heavy atom. The number of carboxylic acid groups (broad SMARTS) is 1. The number of carboxylic acids is 1. The molecule has 1 N–H and O–H groups in total. The minimum Gasteiger partial charge on any atom is -0.478 e. The number of hydrogen-bond acceptors (Lipinski definition) is 3. The highest BCUT2D eigenvalue weighted by Gasteiger charge is 2.43. The molecular formula is C15H14FNO4. The number of nitrogens with zero attached hydrogens (tertiary/aromatic N) is 1. The Morgan fingerprint density at radius 1 is 1.24 bits per heavy atom. The van der Waals surface area contributed by atoms with Gasteiger partial charge in [0, 0.05) is 23.5 Å². The number of amides is 2. The number of carbonyl (C=O) groups is 3. The van der Waals surface area contributed by atoms with Crippen LogP contribution in [0.4, 0.5) is 10.1 Å². The molecule has 2 unspecified atom stereocenters. The van der Waals surface area contributed by atoms with Crippen LogP contribution < -0.4 is 4.90 Å². The minimum atomic E-state index is -1.21. The molecule has 1 aliphatic rings. The van der Waals surface area contributed by atoms with E-state index in [0.717, 1.165) is 23.1 Å². The van der Waals surface area contributed by atoms with Crippen molar-refractivity contribution in [2.24, 2.45) is 11.8 Å². The molecule has 0 aromatic heterocycles. The molecule has 1 aromatic rings. The second-order valence-corrected chi connectivity index (χ2v) is 4.97. The molecule has 21 heavy (non-hydrogen) atoms. The highest BCUT2D eigenvalue weighted by Crippen LogP contribution is 2.31. The molecule has 1 fully saturated rings. The van der Waals surface area contributed by atoms with Crippen LogP contribution in [-0.4, -0.2) is 22.9 Å². The summed E-state index contributed by atoms with van der Waals surface area (Å²) in [5.41, 5.74) is 0.246. The Bertz CT molecular complexity index is 633. The second kappa shape index (κ2) is 5.47. The molecule has 6 heteroatoms. The summed E-state index contributed by atoms with van der Waals surface area (Å²) in [7, 11) is 0. The number of anilines is 1. The zero-order valence-electron chi connectivity index (χ0n) is 11.5. The van der Waals surface area contributed by atoms with E-state index in [-0.39, 0.29) is 23.1 Å². The first-order valence-electron chi connectivity index (χ1n) is 6.41. The molecule has 5 nitrogen and oxygen atoms in total. The van der Waals surface area contributed by atoms with Crippen LogP contribution in [0.1, 0.15) is 19.4 Å². The van der Waals surface area contributed by atoms with Crippen LogP contribution in [0.2, 0.25) is 0 Å². The lowest BCUT2D eigenvalue weighted by Gasteiger charge is -2.15. The summed E-state index contributed by atoms with van der Waals surface area (Å²) < 4.78 is 13.6. The van der Waals surface area contributed by atoms with Gasteiger partial charge in [-0.3, -0.25) is 14.5 Å². The van der Waals surface area contributed by atoms with Crippen LogP contribution >= 0.6 is 0 Å². The van der Waals surface area contributed by atoms with Crippen molar-refractivity contribution in [1.29, 1.82) is 0 Å². The standard InChI is InChI=1S/C15H14FNO4/c1-8-9(2)15(21)17(14(8)20)11-4-5-12(16)10(7-11)3-6-13(18)19/h3-9H,1-2H3,(H,18,19)/b6-3+. The first-order valence-corrected chi connectivity index (χ1v) is 6.41. The number of hydrogen-bond donors (Lipinski definition) is 1. The normalized spacial score (nSPS) is 22.3. The lowest BCUT2D eigenvalue weighted by Crippen LogP contribution is -2.30. The van der Waals surface area contributed by atoms with Gasteiger partial charge in [-0.15, -0.1) is 0 Å². The summed E-state index contributed by atoms with van der Waals surface area (Å²) >= 11 is 0. The molecular weight excluding hydrogens is 277 g/mol. The summed E-state index contributed by atoms with van der Waals surface area (Å²) in [6.07, 6.45) is 1.88. The van der Waals surface area contributed by atoms with E-state index < -0.39 is 23.6 Å².